The van der Waals surface area contributed by atoms with E-state index in [4.69, 9.17) is 0 Å². The van der Waals surface area contributed by atoms with E-state index in [2.05, 4.69) is 31.2 Å². The van der Waals surface area contributed by atoms with E-state index in [0.29, 0.717) is 11.8 Å². The zero-order valence-corrected chi connectivity index (χ0v) is 17.8. The minimum absolute atomic E-state index is 0.116. The number of aliphatic hydroxyl groups is 1. The van der Waals surface area contributed by atoms with Crippen LogP contribution in [-0.2, 0) is 6.42 Å². The molecule has 2 saturated carbocycles. The van der Waals surface area contributed by atoms with Crippen LogP contribution < -0.4 is 0 Å². The summed E-state index contributed by atoms with van der Waals surface area (Å²) in [5.41, 5.74) is 0.148. The molecule has 0 amide bonds. The van der Waals surface area contributed by atoms with Gasteiger partial charge in [0.2, 0.25) is 0 Å². The number of aldehydes is 1. The van der Waals surface area contributed by atoms with Gasteiger partial charge in [-0.2, -0.15) is 5.26 Å². The fraction of sp³-hybridized carbons (Fsp3) is 0.667. The summed E-state index contributed by atoms with van der Waals surface area (Å²) in [5.74, 6) is 1.00. The Hall–Kier alpha value is -1.44. The Kier molecular flexibility index (Phi) is 7.48. The predicted octanol–water partition coefficient (Wildman–Crippen LogP) is 5.94. The van der Waals surface area contributed by atoms with E-state index in [0.717, 1.165) is 69.0 Å². The van der Waals surface area contributed by atoms with Crippen LogP contribution in [-0.4, -0.2) is 17.5 Å². The molecule has 2 aliphatic carbocycles. The number of hydrogen-bond acceptors (Lipinski definition) is 4. The first-order valence-electron chi connectivity index (χ1n) is 10.9. The highest BCUT2D eigenvalue weighted by atomic mass is 32.1. The maximum Gasteiger partial charge on any atom is 0.160 e. The SMILES string of the molecule is CCC1(C(O)C/C=C/C2[C@@H](CCCc3ccc(C=O)s3)CC[C@H]2C#N)CCC1. The lowest BCUT2D eigenvalue weighted by Crippen LogP contribution is -2.40. The van der Waals surface area contributed by atoms with Crippen LogP contribution in [0.3, 0.4) is 0 Å². The van der Waals surface area contributed by atoms with Crippen molar-refractivity contribution in [1.82, 2.24) is 0 Å². The van der Waals surface area contributed by atoms with Gasteiger partial charge in [-0.15, -0.1) is 11.3 Å². The van der Waals surface area contributed by atoms with Crippen LogP contribution in [0.5, 0.6) is 0 Å². The standard InChI is InChI=1S/C24H33NO2S/c1-2-24(14-5-15-24)23(27)9-4-8-22-18(10-11-19(22)16-25)6-3-7-20-12-13-21(17-26)28-20/h4,8,12-13,17-19,22-23,27H,2-3,5-7,9-11,14-15H2,1H3/b8-4+/t18-,19-,22?,23?/m0/s1. The van der Waals surface area contributed by atoms with Crippen molar-refractivity contribution in [2.75, 3.05) is 0 Å². The number of carbonyl (C=O) groups excluding carboxylic acids is 1. The molecule has 4 heteroatoms. The average molecular weight is 400 g/mol. The van der Waals surface area contributed by atoms with Crippen molar-refractivity contribution in [3.63, 3.8) is 0 Å². The molecule has 3 rings (SSSR count). The van der Waals surface area contributed by atoms with Crippen molar-refractivity contribution in [1.29, 1.82) is 5.26 Å². The van der Waals surface area contributed by atoms with E-state index in [9.17, 15) is 15.2 Å². The number of allylic oxidation sites excluding steroid dienone is 1. The Labute approximate surface area is 173 Å². The van der Waals surface area contributed by atoms with Gasteiger partial charge in [0, 0.05) is 4.88 Å². The highest BCUT2D eigenvalue weighted by molar-refractivity contribution is 7.13. The second kappa shape index (κ2) is 9.85. The highest BCUT2D eigenvalue weighted by Gasteiger charge is 2.41. The predicted molar refractivity (Wildman–Crippen MR) is 114 cm³/mol. The number of rotatable bonds is 10. The molecule has 0 aromatic carbocycles. The molecule has 1 N–H and O–H groups in total. The van der Waals surface area contributed by atoms with Gasteiger partial charge in [-0.05, 0) is 87.2 Å². The van der Waals surface area contributed by atoms with Gasteiger partial charge in [-0.1, -0.05) is 25.5 Å². The van der Waals surface area contributed by atoms with E-state index in [-0.39, 0.29) is 17.4 Å². The lowest BCUT2D eigenvalue weighted by molar-refractivity contribution is -0.0355. The van der Waals surface area contributed by atoms with E-state index in [1.165, 1.54) is 11.3 Å². The van der Waals surface area contributed by atoms with Gasteiger partial charge in [-0.25, -0.2) is 0 Å². The van der Waals surface area contributed by atoms with Gasteiger partial charge in [0.25, 0.3) is 0 Å². The Bertz CT molecular complexity index is 707. The highest BCUT2D eigenvalue weighted by Crippen LogP contribution is 2.48. The van der Waals surface area contributed by atoms with Crippen LogP contribution in [0.4, 0.5) is 0 Å². The van der Waals surface area contributed by atoms with Gasteiger partial charge in [0.1, 0.15) is 0 Å². The Morgan fingerprint density at radius 1 is 1.39 bits per heavy atom. The van der Waals surface area contributed by atoms with Gasteiger partial charge < -0.3 is 5.11 Å². The summed E-state index contributed by atoms with van der Waals surface area (Å²) >= 11 is 1.59. The number of aliphatic hydroxyl groups excluding tert-OH is 1. The summed E-state index contributed by atoms with van der Waals surface area (Å²) in [4.78, 5) is 12.9. The van der Waals surface area contributed by atoms with Crippen molar-refractivity contribution in [2.45, 2.75) is 77.2 Å². The quantitative estimate of drug-likeness (QED) is 0.391. The molecule has 4 atom stereocenters. The van der Waals surface area contributed by atoms with Crippen molar-refractivity contribution in [2.24, 2.45) is 23.2 Å². The Morgan fingerprint density at radius 2 is 2.21 bits per heavy atom. The number of nitrogens with zero attached hydrogens (tertiary/aromatic N) is 1. The maximum absolute atomic E-state index is 10.8. The molecular formula is C24H33NO2S. The summed E-state index contributed by atoms with van der Waals surface area (Å²) in [7, 11) is 0. The molecule has 0 spiro atoms. The summed E-state index contributed by atoms with van der Waals surface area (Å²) in [6.07, 6.45) is 15.8. The number of nitriles is 1. The van der Waals surface area contributed by atoms with Crippen LogP contribution in [0.15, 0.2) is 24.3 Å². The van der Waals surface area contributed by atoms with Crippen LogP contribution >= 0.6 is 11.3 Å². The normalized spacial score (nSPS) is 27.4. The molecule has 152 valence electrons. The largest absolute Gasteiger partial charge is 0.392 e. The summed E-state index contributed by atoms with van der Waals surface area (Å²) in [5, 5.41) is 20.2. The van der Waals surface area contributed by atoms with Gasteiger partial charge >= 0.3 is 0 Å². The zero-order chi connectivity index (χ0) is 20.0. The van der Waals surface area contributed by atoms with Crippen LogP contribution in [0, 0.1) is 34.5 Å². The molecule has 3 nitrogen and oxygen atoms in total. The molecular weight excluding hydrogens is 366 g/mol. The first-order valence-corrected chi connectivity index (χ1v) is 11.7. The minimum Gasteiger partial charge on any atom is -0.392 e. The van der Waals surface area contributed by atoms with E-state index >= 15 is 0 Å². The van der Waals surface area contributed by atoms with Crippen molar-refractivity contribution in [3.05, 3.63) is 34.0 Å². The molecule has 0 aliphatic heterocycles. The third kappa shape index (κ3) is 4.75. The van der Waals surface area contributed by atoms with Gasteiger partial charge in [0.05, 0.1) is 23.0 Å². The topological polar surface area (TPSA) is 61.1 Å². The first kappa shape index (κ1) is 21.3. The molecule has 1 aromatic heterocycles. The zero-order valence-electron chi connectivity index (χ0n) is 17.0. The maximum atomic E-state index is 10.8. The average Bonchev–Trinajstić information content (AvgIpc) is 3.28. The molecule has 1 heterocycles. The van der Waals surface area contributed by atoms with Crippen LogP contribution in [0.1, 0.15) is 79.3 Å². The summed E-state index contributed by atoms with van der Waals surface area (Å²) < 4.78 is 0. The number of thiophene rings is 1. The van der Waals surface area contributed by atoms with Crippen molar-refractivity contribution < 1.29 is 9.90 Å². The minimum atomic E-state index is -0.242. The smallest absolute Gasteiger partial charge is 0.160 e. The number of aryl methyl sites for hydroxylation is 1. The lowest BCUT2D eigenvalue weighted by Gasteiger charge is -2.45. The molecule has 1 aromatic rings. The lowest BCUT2D eigenvalue weighted by atomic mass is 9.63. The fourth-order valence-electron chi connectivity index (χ4n) is 5.18. The third-order valence-corrected chi connectivity index (χ3v) is 8.37. The molecule has 2 aliphatic rings. The molecule has 28 heavy (non-hydrogen) atoms. The van der Waals surface area contributed by atoms with E-state index in [1.807, 2.05) is 6.07 Å². The summed E-state index contributed by atoms with van der Waals surface area (Å²) in [6, 6.07) is 6.47. The molecule has 0 saturated heterocycles. The monoisotopic (exact) mass is 399 g/mol. The van der Waals surface area contributed by atoms with Crippen molar-refractivity contribution >= 4 is 17.6 Å². The van der Waals surface area contributed by atoms with E-state index < -0.39 is 0 Å². The molecule has 0 radical (unpaired) electrons. The van der Waals surface area contributed by atoms with Crippen LogP contribution in [0.25, 0.3) is 0 Å². The van der Waals surface area contributed by atoms with Crippen LogP contribution in [0.2, 0.25) is 0 Å². The molecule has 2 fully saturated rings. The van der Waals surface area contributed by atoms with Gasteiger partial charge in [0.15, 0.2) is 6.29 Å². The first-order chi connectivity index (χ1) is 13.6. The molecule has 0 bridgehead atoms. The summed E-state index contributed by atoms with van der Waals surface area (Å²) in [6.45, 7) is 2.19. The second-order valence-corrected chi connectivity index (χ2v) is 9.91. The number of hydrogen-bond donors (Lipinski definition) is 1. The Balaban J connectivity index is 1.51. The second-order valence-electron chi connectivity index (χ2n) is 8.71. The van der Waals surface area contributed by atoms with E-state index in [1.54, 1.807) is 11.3 Å². The number of carbonyl (C=O) groups is 1. The van der Waals surface area contributed by atoms with Gasteiger partial charge in [-0.3, -0.25) is 4.79 Å². The molecule has 2 unspecified atom stereocenters. The fourth-order valence-corrected chi connectivity index (χ4v) is 6.05. The third-order valence-electron chi connectivity index (χ3n) is 7.30. The van der Waals surface area contributed by atoms with Crippen molar-refractivity contribution in [3.8, 4) is 6.07 Å². The Morgan fingerprint density at radius 3 is 2.82 bits per heavy atom.